The molecule has 1 aliphatic carbocycles. The number of rotatable bonds is 7. The Labute approximate surface area is 204 Å². The van der Waals surface area contributed by atoms with Crippen molar-refractivity contribution < 1.29 is 14.3 Å². The molecule has 5 nitrogen and oxygen atoms in total. The maximum absolute atomic E-state index is 14.2. The molecule has 34 heavy (non-hydrogen) atoms. The summed E-state index contributed by atoms with van der Waals surface area (Å²) in [4.78, 5) is 19.1. The quantitative estimate of drug-likeness (QED) is 0.559. The number of ether oxygens (including phenoxy) is 2. The molecule has 2 aliphatic heterocycles. The summed E-state index contributed by atoms with van der Waals surface area (Å²) in [6.07, 6.45) is 6.55. The van der Waals surface area contributed by atoms with E-state index in [1.54, 1.807) is 0 Å². The fourth-order valence-electron chi connectivity index (χ4n) is 5.99. The molecule has 0 N–H and O–H groups in total. The van der Waals surface area contributed by atoms with Gasteiger partial charge in [0.15, 0.2) is 5.78 Å². The number of Topliss-reactive ketones (excluding diaryl/α,β-unsaturated/α-hetero) is 1. The molecule has 2 atom stereocenters. The highest BCUT2D eigenvalue weighted by atomic mass is 16.5. The van der Waals surface area contributed by atoms with E-state index < -0.39 is 0 Å². The largest absolute Gasteiger partial charge is 0.379 e. The third kappa shape index (κ3) is 5.44. The third-order valence-electron chi connectivity index (χ3n) is 7.86. The molecule has 2 saturated heterocycles. The van der Waals surface area contributed by atoms with Crippen molar-refractivity contribution in [3.8, 4) is 0 Å². The van der Waals surface area contributed by atoms with E-state index in [9.17, 15) is 4.79 Å². The molecule has 0 radical (unpaired) electrons. The van der Waals surface area contributed by atoms with Gasteiger partial charge in [0.2, 0.25) is 0 Å². The predicted molar refractivity (Wildman–Crippen MR) is 134 cm³/mol. The van der Waals surface area contributed by atoms with Crippen molar-refractivity contribution in [2.75, 3.05) is 52.6 Å². The summed E-state index contributed by atoms with van der Waals surface area (Å²) in [5.41, 5.74) is 3.42. The molecule has 3 fully saturated rings. The standard InChI is InChI=1S/C29H38N2O3/c32-29(26-13-11-24(12-14-26)23-7-3-1-4-8-23)28(31-17-21-34-22-18-31)27(25-9-5-2-6-10-25)30-15-19-33-20-16-30/h2,5-6,9-14,23,27-28H,1,3-4,7-8,15-22H2/t27-,28+/m0/s1. The van der Waals surface area contributed by atoms with Crippen LogP contribution in [0.5, 0.6) is 0 Å². The van der Waals surface area contributed by atoms with Gasteiger partial charge in [-0.1, -0.05) is 73.9 Å². The molecular formula is C29H38N2O3. The maximum Gasteiger partial charge on any atom is 0.181 e. The van der Waals surface area contributed by atoms with Crippen molar-refractivity contribution >= 4 is 5.78 Å². The Morgan fingerprint density at radius 3 is 1.94 bits per heavy atom. The van der Waals surface area contributed by atoms with Crippen LogP contribution in [-0.4, -0.2) is 74.2 Å². The van der Waals surface area contributed by atoms with Crippen LogP contribution in [0.3, 0.4) is 0 Å². The Kier molecular flexibility index (Phi) is 8.07. The molecule has 0 unspecified atom stereocenters. The lowest BCUT2D eigenvalue weighted by molar-refractivity contribution is -0.0301. The summed E-state index contributed by atoms with van der Waals surface area (Å²) in [6, 6.07) is 18.9. The van der Waals surface area contributed by atoms with Gasteiger partial charge in [-0.2, -0.15) is 0 Å². The van der Waals surface area contributed by atoms with E-state index in [2.05, 4.69) is 64.4 Å². The van der Waals surface area contributed by atoms with E-state index in [0.717, 1.165) is 31.7 Å². The van der Waals surface area contributed by atoms with Gasteiger partial charge in [-0.15, -0.1) is 0 Å². The highest BCUT2D eigenvalue weighted by Crippen LogP contribution is 2.34. The van der Waals surface area contributed by atoms with E-state index in [0.29, 0.717) is 32.3 Å². The zero-order valence-electron chi connectivity index (χ0n) is 20.2. The first kappa shape index (κ1) is 23.7. The van der Waals surface area contributed by atoms with E-state index in [-0.39, 0.29) is 17.9 Å². The normalized spacial score (nSPS) is 22.8. The first-order chi connectivity index (χ1) is 16.8. The Morgan fingerprint density at radius 2 is 1.32 bits per heavy atom. The summed E-state index contributed by atoms with van der Waals surface area (Å²) in [6.45, 7) is 6.02. The molecule has 0 amide bonds. The van der Waals surface area contributed by atoms with E-state index in [1.165, 1.54) is 43.2 Å². The van der Waals surface area contributed by atoms with Crippen molar-refractivity contribution in [3.63, 3.8) is 0 Å². The van der Waals surface area contributed by atoms with Gasteiger partial charge >= 0.3 is 0 Å². The second kappa shape index (κ2) is 11.6. The first-order valence-electron chi connectivity index (χ1n) is 13.1. The van der Waals surface area contributed by atoms with Crippen LogP contribution in [0, 0.1) is 0 Å². The van der Waals surface area contributed by atoms with E-state index in [4.69, 9.17) is 9.47 Å². The molecule has 2 heterocycles. The topological polar surface area (TPSA) is 42.0 Å². The van der Waals surface area contributed by atoms with Gasteiger partial charge in [0.25, 0.3) is 0 Å². The summed E-state index contributed by atoms with van der Waals surface area (Å²) in [7, 11) is 0. The second-order valence-electron chi connectivity index (χ2n) is 9.92. The van der Waals surface area contributed by atoms with Crippen LogP contribution in [0.2, 0.25) is 0 Å². The molecule has 2 aromatic carbocycles. The van der Waals surface area contributed by atoms with Gasteiger partial charge in [-0.05, 0) is 29.9 Å². The number of ketones is 1. The lowest BCUT2D eigenvalue weighted by atomic mass is 9.83. The van der Waals surface area contributed by atoms with Crippen molar-refractivity contribution in [3.05, 3.63) is 71.3 Å². The number of carbonyl (C=O) groups excluding carboxylic acids is 1. The van der Waals surface area contributed by atoms with E-state index in [1.807, 2.05) is 0 Å². The van der Waals surface area contributed by atoms with Gasteiger partial charge in [0.1, 0.15) is 0 Å². The van der Waals surface area contributed by atoms with Crippen LogP contribution in [-0.2, 0) is 9.47 Å². The number of nitrogens with zero attached hydrogens (tertiary/aromatic N) is 2. The van der Waals surface area contributed by atoms with Gasteiger partial charge in [-0.25, -0.2) is 0 Å². The average molecular weight is 463 g/mol. The summed E-state index contributed by atoms with van der Waals surface area (Å²) in [5.74, 6) is 0.871. The zero-order chi connectivity index (χ0) is 23.2. The average Bonchev–Trinajstić information content (AvgIpc) is 2.93. The SMILES string of the molecule is O=C(c1ccc(C2CCCCC2)cc1)[C@@H]([C@H](c1ccccc1)N1CCOCC1)N1CCOCC1. The minimum atomic E-state index is -0.245. The Hall–Kier alpha value is -2.05. The molecule has 3 aliphatic rings. The van der Waals surface area contributed by atoms with Crippen LogP contribution in [0.15, 0.2) is 54.6 Å². The number of benzene rings is 2. The van der Waals surface area contributed by atoms with Crippen LogP contribution >= 0.6 is 0 Å². The van der Waals surface area contributed by atoms with Crippen LogP contribution in [0.25, 0.3) is 0 Å². The highest BCUT2D eigenvalue weighted by molar-refractivity contribution is 6.00. The van der Waals surface area contributed by atoms with E-state index >= 15 is 0 Å². The first-order valence-corrected chi connectivity index (χ1v) is 13.1. The molecule has 182 valence electrons. The summed E-state index contributed by atoms with van der Waals surface area (Å²) >= 11 is 0. The molecule has 0 spiro atoms. The van der Waals surface area contributed by atoms with Crippen molar-refractivity contribution in [1.82, 2.24) is 9.80 Å². The lowest BCUT2D eigenvalue weighted by Crippen LogP contribution is -2.55. The Bertz CT molecular complexity index is 899. The van der Waals surface area contributed by atoms with Crippen LogP contribution in [0.4, 0.5) is 0 Å². The van der Waals surface area contributed by atoms with Gasteiger partial charge in [0, 0.05) is 31.7 Å². The van der Waals surface area contributed by atoms with Crippen LogP contribution < -0.4 is 0 Å². The zero-order valence-corrected chi connectivity index (χ0v) is 20.2. The number of carbonyl (C=O) groups is 1. The maximum atomic E-state index is 14.2. The Morgan fingerprint density at radius 1 is 0.735 bits per heavy atom. The summed E-state index contributed by atoms with van der Waals surface area (Å²) in [5, 5.41) is 0. The molecule has 5 heteroatoms. The predicted octanol–water partition coefficient (Wildman–Crippen LogP) is 4.69. The molecule has 0 aromatic heterocycles. The molecule has 0 bridgehead atoms. The van der Waals surface area contributed by atoms with Gasteiger partial charge < -0.3 is 9.47 Å². The molecule has 5 rings (SSSR count). The smallest absolute Gasteiger partial charge is 0.181 e. The molecule has 1 saturated carbocycles. The minimum Gasteiger partial charge on any atom is -0.379 e. The molecule has 2 aromatic rings. The fourth-order valence-corrected chi connectivity index (χ4v) is 5.99. The third-order valence-corrected chi connectivity index (χ3v) is 7.86. The number of morpholine rings is 2. The molecular weight excluding hydrogens is 424 g/mol. The van der Waals surface area contributed by atoms with Crippen LogP contribution in [0.1, 0.15) is 65.5 Å². The lowest BCUT2D eigenvalue weighted by Gasteiger charge is -2.44. The van der Waals surface area contributed by atoms with Gasteiger partial charge in [0.05, 0.1) is 38.5 Å². The van der Waals surface area contributed by atoms with Crippen molar-refractivity contribution in [2.45, 2.75) is 50.1 Å². The fraction of sp³-hybridized carbons (Fsp3) is 0.552. The second-order valence-corrected chi connectivity index (χ2v) is 9.92. The monoisotopic (exact) mass is 462 g/mol. The number of hydrogen-bond donors (Lipinski definition) is 0. The van der Waals surface area contributed by atoms with Gasteiger partial charge in [-0.3, -0.25) is 14.6 Å². The Balaban J connectivity index is 1.47. The summed E-state index contributed by atoms with van der Waals surface area (Å²) < 4.78 is 11.3. The minimum absolute atomic E-state index is 0.00581. The number of hydrogen-bond acceptors (Lipinski definition) is 5. The van der Waals surface area contributed by atoms with Crippen molar-refractivity contribution in [1.29, 1.82) is 0 Å². The van der Waals surface area contributed by atoms with Crippen molar-refractivity contribution in [2.24, 2.45) is 0 Å². The highest BCUT2D eigenvalue weighted by Gasteiger charge is 2.39.